The summed E-state index contributed by atoms with van der Waals surface area (Å²) in [6.45, 7) is 4.09. The second kappa shape index (κ2) is 8.62. The highest BCUT2D eigenvalue weighted by atomic mass is 35.5. The zero-order valence-electron chi connectivity index (χ0n) is 15.7. The summed E-state index contributed by atoms with van der Waals surface area (Å²) in [5.41, 5.74) is 1.95. The molecule has 1 N–H and O–H groups in total. The first-order valence-electron chi connectivity index (χ1n) is 8.69. The first-order chi connectivity index (χ1) is 13.7. The lowest BCUT2D eigenvalue weighted by Crippen LogP contribution is -2.15. The molecule has 9 nitrogen and oxygen atoms in total. The molecule has 0 spiro atoms. The van der Waals surface area contributed by atoms with Gasteiger partial charge in [0.05, 0.1) is 11.5 Å². The fraction of sp³-hybridized carbons (Fsp3) is 0.278. The second-order valence-corrected chi connectivity index (χ2v) is 7.33. The molecule has 29 heavy (non-hydrogen) atoms. The number of halogens is 2. The van der Waals surface area contributed by atoms with Gasteiger partial charge in [0.1, 0.15) is 11.9 Å². The molecule has 3 aromatic rings. The normalized spacial score (nSPS) is 10.9. The smallest absolute Gasteiger partial charge is 0.309 e. The molecule has 0 bridgehead atoms. The van der Waals surface area contributed by atoms with Crippen molar-refractivity contribution in [1.29, 1.82) is 0 Å². The fourth-order valence-electron chi connectivity index (χ4n) is 2.77. The summed E-state index contributed by atoms with van der Waals surface area (Å²) in [5, 5.41) is 23.1. The van der Waals surface area contributed by atoms with Gasteiger partial charge in [-0.15, -0.1) is 0 Å². The summed E-state index contributed by atoms with van der Waals surface area (Å²) in [5.74, 6) is 0.148. The van der Waals surface area contributed by atoms with E-state index < -0.39 is 4.92 Å². The van der Waals surface area contributed by atoms with Crippen LogP contribution >= 0.6 is 23.2 Å². The maximum Gasteiger partial charge on any atom is 0.309 e. The lowest BCUT2D eigenvalue weighted by molar-refractivity contribution is -0.385. The second-order valence-electron chi connectivity index (χ2n) is 6.48. The first-order valence-corrected chi connectivity index (χ1v) is 9.45. The van der Waals surface area contributed by atoms with Crippen molar-refractivity contribution in [3.8, 4) is 0 Å². The van der Waals surface area contributed by atoms with E-state index in [0.29, 0.717) is 28.1 Å². The molecule has 2 aromatic heterocycles. The molecule has 0 aliphatic heterocycles. The zero-order chi connectivity index (χ0) is 21.1. The minimum absolute atomic E-state index is 0.0689. The Labute approximate surface area is 176 Å². The molecule has 2 heterocycles. The van der Waals surface area contributed by atoms with E-state index in [0.717, 1.165) is 11.3 Å². The Bertz CT molecular complexity index is 1080. The standard InChI is InChI=1S/C18H18Cl2N6O3/c1-11-7-17(23-25(11)9-13-3-4-14(19)8-15(13)20)21-18(27)5-6-24-10-16(26(28)29)12(2)22-24/h3-4,7-8,10H,5-6,9H2,1-2H3,(H,21,23,27). The number of amides is 1. The highest BCUT2D eigenvalue weighted by Crippen LogP contribution is 2.22. The third-order valence-electron chi connectivity index (χ3n) is 4.27. The van der Waals surface area contributed by atoms with Crippen LogP contribution in [0.1, 0.15) is 23.4 Å². The number of anilines is 1. The molecule has 11 heteroatoms. The van der Waals surface area contributed by atoms with Gasteiger partial charge in [-0.1, -0.05) is 29.3 Å². The molecule has 0 saturated carbocycles. The monoisotopic (exact) mass is 436 g/mol. The molecule has 1 amide bonds. The summed E-state index contributed by atoms with van der Waals surface area (Å²) in [4.78, 5) is 22.6. The molecule has 0 aliphatic rings. The Kier molecular flexibility index (Phi) is 6.19. The number of benzene rings is 1. The van der Waals surface area contributed by atoms with Crippen LogP contribution in [0.15, 0.2) is 30.5 Å². The third kappa shape index (κ3) is 5.12. The van der Waals surface area contributed by atoms with Crippen LogP contribution in [0.2, 0.25) is 10.0 Å². The van der Waals surface area contributed by atoms with Crippen LogP contribution in [0, 0.1) is 24.0 Å². The molecule has 0 atom stereocenters. The Hall–Kier alpha value is -2.91. The van der Waals surface area contributed by atoms with Gasteiger partial charge in [-0.05, 0) is 31.5 Å². The van der Waals surface area contributed by atoms with Gasteiger partial charge in [0.15, 0.2) is 5.82 Å². The first kappa shape index (κ1) is 20.8. The van der Waals surface area contributed by atoms with Crippen molar-refractivity contribution in [1.82, 2.24) is 19.6 Å². The molecule has 152 valence electrons. The number of rotatable bonds is 7. The summed E-state index contributed by atoms with van der Waals surface area (Å²) in [6.07, 6.45) is 1.42. The fourth-order valence-corrected chi connectivity index (χ4v) is 3.23. The van der Waals surface area contributed by atoms with Crippen molar-refractivity contribution in [3.63, 3.8) is 0 Å². The maximum atomic E-state index is 12.2. The highest BCUT2D eigenvalue weighted by Gasteiger charge is 2.16. The topological polar surface area (TPSA) is 108 Å². The van der Waals surface area contributed by atoms with Crippen molar-refractivity contribution in [2.45, 2.75) is 33.4 Å². The van der Waals surface area contributed by atoms with Crippen molar-refractivity contribution < 1.29 is 9.72 Å². The molecule has 0 fully saturated rings. The van der Waals surface area contributed by atoms with Gasteiger partial charge in [-0.25, -0.2) is 0 Å². The SMILES string of the molecule is Cc1nn(CCC(=O)Nc2cc(C)n(Cc3ccc(Cl)cc3Cl)n2)cc1[N+](=O)[O-]. The Balaban J connectivity index is 1.60. The van der Waals surface area contributed by atoms with E-state index in [4.69, 9.17) is 23.2 Å². The molecular weight excluding hydrogens is 419 g/mol. The Morgan fingerprint density at radius 1 is 1.24 bits per heavy atom. The number of nitrogens with zero attached hydrogens (tertiary/aromatic N) is 5. The number of carbonyl (C=O) groups excluding carboxylic acids is 1. The van der Waals surface area contributed by atoms with E-state index in [1.165, 1.54) is 10.9 Å². The van der Waals surface area contributed by atoms with Crippen LogP contribution in [0.5, 0.6) is 0 Å². The van der Waals surface area contributed by atoms with Gasteiger partial charge in [-0.2, -0.15) is 10.2 Å². The average Bonchev–Trinajstić information content (AvgIpc) is 3.18. The number of hydrogen-bond acceptors (Lipinski definition) is 5. The van der Waals surface area contributed by atoms with Crippen molar-refractivity contribution in [2.75, 3.05) is 5.32 Å². The summed E-state index contributed by atoms with van der Waals surface area (Å²) >= 11 is 12.1. The van der Waals surface area contributed by atoms with Crippen LogP contribution in [-0.2, 0) is 17.9 Å². The van der Waals surface area contributed by atoms with Gasteiger partial charge in [0.25, 0.3) is 0 Å². The number of nitrogens with one attached hydrogen (secondary N) is 1. The Morgan fingerprint density at radius 3 is 2.66 bits per heavy atom. The quantitative estimate of drug-likeness (QED) is 0.444. The third-order valence-corrected chi connectivity index (χ3v) is 4.86. The summed E-state index contributed by atoms with van der Waals surface area (Å²) in [6, 6.07) is 7.01. The molecular formula is C18H18Cl2N6O3. The van der Waals surface area contributed by atoms with Crippen LogP contribution in [-0.4, -0.2) is 30.4 Å². The Morgan fingerprint density at radius 2 is 2.00 bits per heavy atom. The van der Waals surface area contributed by atoms with Crippen LogP contribution in [0.3, 0.4) is 0 Å². The van der Waals surface area contributed by atoms with Crippen LogP contribution in [0.25, 0.3) is 0 Å². The number of nitro groups is 1. The lowest BCUT2D eigenvalue weighted by Gasteiger charge is -2.07. The minimum Gasteiger partial charge on any atom is -0.309 e. The van der Waals surface area contributed by atoms with Crippen molar-refractivity contribution in [2.24, 2.45) is 0 Å². The maximum absolute atomic E-state index is 12.2. The molecule has 0 unspecified atom stereocenters. The van der Waals surface area contributed by atoms with E-state index in [2.05, 4.69) is 15.5 Å². The van der Waals surface area contributed by atoms with Gasteiger partial charge in [0.2, 0.25) is 5.91 Å². The average molecular weight is 437 g/mol. The lowest BCUT2D eigenvalue weighted by atomic mass is 10.2. The van der Waals surface area contributed by atoms with Crippen LogP contribution in [0.4, 0.5) is 11.5 Å². The van der Waals surface area contributed by atoms with E-state index in [9.17, 15) is 14.9 Å². The van der Waals surface area contributed by atoms with E-state index in [1.807, 2.05) is 13.0 Å². The van der Waals surface area contributed by atoms with E-state index in [-0.39, 0.29) is 24.6 Å². The predicted octanol–water partition coefficient (Wildman–Crippen LogP) is 3.99. The van der Waals surface area contributed by atoms with Gasteiger partial charge in [-0.3, -0.25) is 24.3 Å². The minimum atomic E-state index is -0.499. The number of aryl methyl sites for hydroxylation is 3. The zero-order valence-corrected chi connectivity index (χ0v) is 17.2. The van der Waals surface area contributed by atoms with Gasteiger partial charge < -0.3 is 5.32 Å². The molecule has 1 aromatic carbocycles. The van der Waals surface area contributed by atoms with Crippen molar-refractivity contribution >= 4 is 40.6 Å². The summed E-state index contributed by atoms with van der Waals surface area (Å²) in [7, 11) is 0. The molecule has 0 aliphatic carbocycles. The number of carbonyl (C=O) groups is 1. The van der Waals surface area contributed by atoms with Crippen LogP contribution < -0.4 is 5.32 Å². The van der Waals surface area contributed by atoms with Gasteiger partial charge >= 0.3 is 5.69 Å². The number of hydrogen-bond donors (Lipinski definition) is 1. The molecule has 3 rings (SSSR count). The predicted molar refractivity (Wildman–Crippen MR) is 109 cm³/mol. The van der Waals surface area contributed by atoms with Crippen molar-refractivity contribution in [3.05, 3.63) is 67.6 Å². The highest BCUT2D eigenvalue weighted by molar-refractivity contribution is 6.35. The van der Waals surface area contributed by atoms with Gasteiger partial charge in [0, 0.05) is 34.8 Å². The number of aromatic nitrogens is 4. The van der Waals surface area contributed by atoms with E-state index >= 15 is 0 Å². The molecule has 0 radical (unpaired) electrons. The molecule has 0 saturated heterocycles. The summed E-state index contributed by atoms with van der Waals surface area (Å²) < 4.78 is 3.12. The largest absolute Gasteiger partial charge is 0.309 e. The van der Waals surface area contributed by atoms with E-state index in [1.54, 1.807) is 29.8 Å².